The summed E-state index contributed by atoms with van der Waals surface area (Å²) in [6.07, 6.45) is 1.28. The number of aromatic amines is 1. The van der Waals surface area contributed by atoms with Crippen molar-refractivity contribution in [3.63, 3.8) is 0 Å². The zero-order valence-corrected chi connectivity index (χ0v) is 7.99. The molecule has 2 heterocycles. The number of carbonyl (C=O) groups is 1. The highest BCUT2D eigenvalue weighted by atomic mass is 16.2. The van der Waals surface area contributed by atoms with Crippen LogP contribution in [-0.4, -0.2) is 35.5 Å². The van der Waals surface area contributed by atoms with Gasteiger partial charge >= 0.3 is 0 Å². The van der Waals surface area contributed by atoms with Crippen molar-refractivity contribution in [2.45, 2.75) is 0 Å². The predicted octanol–water partition coefficient (Wildman–Crippen LogP) is -1.71. The minimum absolute atomic E-state index is 0.0483. The van der Waals surface area contributed by atoms with E-state index >= 15 is 0 Å². The van der Waals surface area contributed by atoms with Crippen LogP contribution >= 0.6 is 0 Å². The maximum absolute atomic E-state index is 11.2. The van der Waals surface area contributed by atoms with E-state index in [1.165, 1.54) is 6.33 Å². The fourth-order valence-corrected chi connectivity index (χ4v) is 1.47. The normalized spacial score (nSPS) is 16.3. The molecule has 0 unspecified atom stereocenters. The van der Waals surface area contributed by atoms with Crippen molar-refractivity contribution >= 4 is 17.4 Å². The molecular weight excluding hydrogens is 198 g/mol. The average molecular weight is 209 g/mol. The lowest BCUT2D eigenvalue weighted by Gasteiger charge is -2.27. The van der Waals surface area contributed by atoms with Crippen molar-refractivity contribution in [1.82, 2.24) is 15.3 Å². The molecule has 0 saturated carbocycles. The van der Waals surface area contributed by atoms with E-state index in [-0.39, 0.29) is 23.7 Å². The number of nitrogens with two attached hydrogens (primary N) is 1. The number of nitrogen functional groups attached to an aromatic ring is 1. The lowest BCUT2D eigenvalue weighted by molar-refractivity contribution is -0.120. The van der Waals surface area contributed by atoms with Gasteiger partial charge in [0.25, 0.3) is 5.56 Å². The largest absolute Gasteiger partial charge is 0.391 e. The van der Waals surface area contributed by atoms with Gasteiger partial charge in [0.1, 0.15) is 5.69 Å². The molecule has 4 N–H and O–H groups in total. The molecule has 1 aliphatic rings. The van der Waals surface area contributed by atoms with Crippen LogP contribution in [-0.2, 0) is 4.79 Å². The Balaban J connectivity index is 2.32. The molecule has 1 aromatic heterocycles. The fourth-order valence-electron chi connectivity index (χ4n) is 1.47. The van der Waals surface area contributed by atoms with Gasteiger partial charge in [-0.15, -0.1) is 0 Å². The summed E-state index contributed by atoms with van der Waals surface area (Å²) in [5, 5.41) is 2.68. The molecule has 1 saturated heterocycles. The molecule has 0 bridgehead atoms. The van der Waals surface area contributed by atoms with Gasteiger partial charge in [0.05, 0.1) is 12.9 Å². The second-order valence-electron chi connectivity index (χ2n) is 3.24. The fraction of sp³-hybridized carbons (Fsp3) is 0.375. The number of hydrogen-bond donors (Lipinski definition) is 3. The first-order valence-electron chi connectivity index (χ1n) is 4.53. The van der Waals surface area contributed by atoms with E-state index in [4.69, 9.17) is 5.73 Å². The van der Waals surface area contributed by atoms with Crippen LogP contribution in [0.15, 0.2) is 11.1 Å². The van der Waals surface area contributed by atoms with E-state index in [2.05, 4.69) is 15.3 Å². The standard InChI is InChI=1S/C8H11N5O2/c9-6-7(11-4-12-8(6)15)13-2-1-10-5(14)3-13/h4H,1-3,9H2,(H,10,14)(H,11,12,15). The number of nitrogens with one attached hydrogen (secondary N) is 2. The zero-order chi connectivity index (χ0) is 10.8. The van der Waals surface area contributed by atoms with Gasteiger partial charge in [-0.25, -0.2) is 4.98 Å². The maximum Gasteiger partial charge on any atom is 0.276 e. The van der Waals surface area contributed by atoms with Crippen LogP contribution < -0.4 is 21.5 Å². The smallest absolute Gasteiger partial charge is 0.276 e. The Morgan fingerprint density at radius 1 is 1.47 bits per heavy atom. The molecule has 0 radical (unpaired) electrons. The quantitative estimate of drug-likeness (QED) is 0.511. The Labute approximate surface area is 85.3 Å². The van der Waals surface area contributed by atoms with E-state index < -0.39 is 0 Å². The van der Waals surface area contributed by atoms with Crippen molar-refractivity contribution in [3.8, 4) is 0 Å². The van der Waals surface area contributed by atoms with Crippen molar-refractivity contribution in [2.24, 2.45) is 0 Å². The lowest BCUT2D eigenvalue weighted by atomic mass is 10.3. The minimum atomic E-state index is -0.383. The number of nitrogens with zero attached hydrogens (tertiary/aromatic N) is 2. The molecule has 0 atom stereocenters. The summed E-state index contributed by atoms with van der Waals surface area (Å²) >= 11 is 0. The first-order chi connectivity index (χ1) is 7.18. The van der Waals surface area contributed by atoms with Crippen molar-refractivity contribution in [3.05, 3.63) is 16.7 Å². The summed E-state index contributed by atoms with van der Waals surface area (Å²) in [6, 6.07) is 0. The predicted molar refractivity (Wildman–Crippen MR) is 54.5 cm³/mol. The van der Waals surface area contributed by atoms with Gasteiger partial charge < -0.3 is 20.9 Å². The topological polar surface area (TPSA) is 104 Å². The number of anilines is 2. The summed E-state index contributed by atoms with van der Waals surface area (Å²) in [5.41, 5.74) is 5.24. The number of rotatable bonds is 1. The van der Waals surface area contributed by atoms with Crippen LogP contribution in [0.2, 0.25) is 0 Å². The summed E-state index contributed by atoms with van der Waals surface area (Å²) < 4.78 is 0. The zero-order valence-electron chi connectivity index (χ0n) is 7.99. The molecule has 15 heavy (non-hydrogen) atoms. The van der Waals surface area contributed by atoms with Gasteiger partial charge in [0.2, 0.25) is 5.91 Å². The summed E-state index contributed by atoms with van der Waals surface area (Å²) in [4.78, 5) is 30.4. The average Bonchev–Trinajstić information content (AvgIpc) is 2.22. The third-order valence-corrected chi connectivity index (χ3v) is 2.21. The van der Waals surface area contributed by atoms with Gasteiger partial charge in [0, 0.05) is 13.1 Å². The molecule has 0 aromatic carbocycles. The summed E-state index contributed by atoms with van der Waals surface area (Å²) in [5.74, 6) is 0.274. The Morgan fingerprint density at radius 2 is 2.27 bits per heavy atom. The molecule has 1 aromatic rings. The van der Waals surface area contributed by atoms with Crippen LogP contribution in [0.4, 0.5) is 11.5 Å². The van der Waals surface area contributed by atoms with Gasteiger partial charge in [-0.3, -0.25) is 9.59 Å². The molecule has 0 aliphatic carbocycles. The molecule has 7 heteroatoms. The highest BCUT2D eigenvalue weighted by Gasteiger charge is 2.20. The van der Waals surface area contributed by atoms with E-state index in [0.29, 0.717) is 18.9 Å². The first-order valence-corrected chi connectivity index (χ1v) is 4.53. The lowest BCUT2D eigenvalue weighted by Crippen LogP contribution is -2.48. The van der Waals surface area contributed by atoms with Crippen LogP contribution in [0.3, 0.4) is 0 Å². The molecule has 1 amide bonds. The third kappa shape index (κ3) is 1.76. The van der Waals surface area contributed by atoms with Gasteiger partial charge in [-0.1, -0.05) is 0 Å². The second kappa shape index (κ2) is 3.60. The SMILES string of the molecule is Nc1c(N2CCNC(=O)C2)nc[nH]c1=O. The van der Waals surface area contributed by atoms with E-state index in [0.717, 1.165) is 0 Å². The van der Waals surface area contributed by atoms with Crippen LogP contribution in [0, 0.1) is 0 Å². The number of amides is 1. The molecule has 7 nitrogen and oxygen atoms in total. The molecule has 80 valence electrons. The maximum atomic E-state index is 11.2. The highest BCUT2D eigenvalue weighted by Crippen LogP contribution is 2.15. The van der Waals surface area contributed by atoms with E-state index in [1.807, 2.05) is 0 Å². The molecule has 1 aliphatic heterocycles. The number of piperazine rings is 1. The van der Waals surface area contributed by atoms with Crippen LogP contribution in [0.1, 0.15) is 0 Å². The molecule has 0 spiro atoms. The van der Waals surface area contributed by atoms with Crippen molar-refractivity contribution < 1.29 is 4.79 Å². The van der Waals surface area contributed by atoms with Crippen LogP contribution in [0.5, 0.6) is 0 Å². The van der Waals surface area contributed by atoms with Crippen LogP contribution in [0.25, 0.3) is 0 Å². The third-order valence-electron chi connectivity index (χ3n) is 2.21. The summed E-state index contributed by atoms with van der Waals surface area (Å²) in [6.45, 7) is 1.32. The highest BCUT2D eigenvalue weighted by molar-refractivity contribution is 5.83. The molecule has 2 rings (SSSR count). The van der Waals surface area contributed by atoms with E-state index in [1.54, 1.807) is 4.90 Å². The Kier molecular flexibility index (Phi) is 2.28. The Morgan fingerprint density at radius 3 is 3.00 bits per heavy atom. The number of aromatic nitrogens is 2. The van der Waals surface area contributed by atoms with Crippen molar-refractivity contribution in [1.29, 1.82) is 0 Å². The van der Waals surface area contributed by atoms with Gasteiger partial charge in [-0.05, 0) is 0 Å². The monoisotopic (exact) mass is 209 g/mol. The Hall–Kier alpha value is -2.05. The van der Waals surface area contributed by atoms with E-state index in [9.17, 15) is 9.59 Å². The Bertz CT molecular complexity index is 441. The van der Waals surface area contributed by atoms with Gasteiger partial charge in [0.15, 0.2) is 5.82 Å². The number of H-pyrrole nitrogens is 1. The summed E-state index contributed by atoms with van der Waals surface area (Å²) in [7, 11) is 0. The number of hydrogen-bond acceptors (Lipinski definition) is 5. The molecular formula is C8H11N5O2. The van der Waals surface area contributed by atoms with Gasteiger partial charge in [-0.2, -0.15) is 0 Å². The van der Waals surface area contributed by atoms with Crippen molar-refractivity contribution in [2.75, 3.05) is 30.3 Å². The first kappa shape index (κ1) is 9.50. The second-order valence-corrected chi connectivity index (χ2v) is 3.24. The minimum Gasteiger partial charge on any atom is -0.391 e. The number of carbonyl (C=O) groups excluding carboxylic acids is 1. The molecule has 1 fully saturated rings.